The average molecular weight is 387 g/mol. The number of sulfone groups is 1. The zero-order valence-electron chi connectivity index (χ0n) is 12.3. The van der Waals surface area contributed by atoms with Gasteiger partial charge in [0.1, 0.15) is 5.25 Å². The number of benzene rings is 1. The van der Waals surface area contributed by atoms with Gasteiger partial charge < -0.3 is 0 Å². The first-order valence-corrected chi connectivity index (χ1v) is 9.50. The summed E-state index contributed by atoms with van der Waals surface area (Å²) in [6.07, 6.45) is -4.75. The molecule has 3 nitrogen and oxygen atoms in total. The molecule has 0 saturated heterocycles. The number of nitriles is 1. The van der Waals surface area contributed by atoms with E-state index < -0.39 is 38.3 Å². The van der Waals surface area contributed by atoms with Crippen LogP contribution in [-0.2, 0) is 22.4 Å². The van der Waals surface area contributed by atoms with Crippen LogP contribution >= 0.6 is 11.8 Å². The van der Waals surface area contributed by atoms with Gasteiger partial charge in [-0.25, -0.2) is 8.42 Å². The number of rotatable bonds is 8. The Morgan fingerprint density at radius 3 is 2.21 bits per heavy atom. The van der Waals surface area contributed by atoms with Gasteiger partial charge in [-0.2, -0.15) is 27.2 Å². The maximum Gasteiger partial charge on any atom is 0.416 e. The molecule has 0 aromatic heterocycles. The van der Waals surface area contributed by atoms with E-state index >= 15 is 0 Å². The smallest absolute Gasteiger partial charge is 0.227 e. The Balaban J connectivity index is 2.65. The quantitative estimate of drug-likeness (QED) is 0.635. The van der Waals surface area contributed by atoms with Crippen molar-refractivity contribution < 1.29 is 30.4 Å². The molecule has 10 heteroatoms. The normalized spacial score (nSPS) is 13.7. The van der Waals surface area contributed by atoms with E-state index in [4.69, 9.17) is 5.26 Å². The van der Waals surface area contributed by atoms with Gasteiger partial charge in [0.15, 0.2) is 9.84 Å². The fourth-order valence-electron chi connectivity index (χ4n) is 1.85. The lowest BCUT2D eigenvalue weighted by atomic mass is 10.1. The maximum absolute atomic E-state index is 12.4. The Bertz CT molecular complexity index is 666. The van der Waals surface area contributed by atoms with Crippen LogP contribution in [0.4, 0.5) is 22.0 Å². The Hall–Kier alpha value is -1.34. The van der Waals surface area contributed by atoms with E-state index in [1.54, 1.807) is 6.07 Å². The van der Waals surface area contributed by atoms with Crippen molar-refractivity contribution in [3.63, 3.8) is 0 Å². The average Bonchev–Trinajstić information content (AvgIpc) is 2.48. The molecule has 24 heavy (non-hydrogen) atoms. The topological polar surface area (TPSA) is 57.9 Å². The van der Waals surface area contributed by atoms with Crippen LogP contribution in [0.5, 0.6) is 0 Å². The van der Waals surface area contributed by atoms with Gasteiger partial charge in [-0.15, -0.1) is 0 Å². The zero-order valence-corrected chi connectivity index (χ0v) is 13.9. The van der Waals surface area contributed by atoms with Crippen LogP contribution in [0.15, 0.2) is 24.3 Å². The molecule has 1 atom stereocenters. The van der Waals surface area contributed by atoms with E-state index in [0.717, 1.165) is 12.1 Å². The standard InChI is InChI=1S/C14H14F5NO2S2/c15-13(16)23-7-5-12(9-20)24(21,22)8-6-10-1-3-11(4-2-10)14(17,18)19/h1-4,12-13H,5-8H2. The highest BCUT2D eigenvalue weighted by molar-refractivity contribution is 7.99. The number of halogens is 5. The molecule has 0 heterocycles. The lowest BCUT2D eigenvalue weighted by molar-refractivity contribution is -0.137. The van der Waals surface area contributed by atoms with Gasteiger partial charge in [-0.3, -0.25) is 0 Å². The summed E-state index contributed by atoms with van der Waals surface area (Å²) in [7, 11) is -3.85. The number of hydrogen-bond acceptors (Lipinski definition) is 4. The third kappa shape index (κ3) is 6.65. The van der Waals surface area contributed by atoms with Crippen molar-refractivity contribution >= 4 is 21.6 Å². The minimum atomic E-state index is -4.47. The second-order valence-electron chi connectivity index (χ2n) is 4.85. The molecule has 0 fully saturated rings. The van der Waals surface area contributed by atoms with E-state index in [2.05, 4.69) is 0 Å². The summed E-state index contributed by atoms with van der Waals surface area (Å²) >= 11 is 0.254. The molecular formula is C14H14F5NO2S2. The minimum absolute atomic E-state index is 0.0549. The summed E-state index contributed by atoms with van der Waals surface area (Å²) in [5.41, 5.74) is -0.460. The van der Waals surface area contributed by atoms with Gasteiger partial charge in [-0.1, -0.05) is 23.9 Å². The van der Waals surface area contributed by atoms with Crippen LogP contribution in [-0.4, -0.2) is 30.9 Å². The second kappa shape index (κ2) is 8.67. The van der Waals surface area contributed by atoms with Crippen molar-refractivity contribution in [3.05, 3.63) is 35.4 Å². The molecule has 0 spiro atoms. The molecule has 0 aliphatic carbocycles. The van der Waals surface area contributed by atoms with Gasteiger partial charge in [0.05, 0.1) is 17.4 Å². The monoisotopic (exact) mass is 387 g/mol. The summed E-state index contributed by atoms with van der Waals surface area (Å²) in [4.78, 5) is 0. The Kier molecular flexibility index (Phi) is 7.48. The van der Waals surface area contributed by atoms with Crippen molar-refractivity contribution in [1.82, 2.24) is 0 Å². The molecule has 0 bridgehead atoms. The molecule has 1 aromatic rings. The first kappa shape index (κ1) is 20.7. The van der Waals surface area contributed by atoms with Crippen LogP contribution in [0, 0.1) is 11.3 Å². The van der Waals surface area contributed by atoms with Crippen LogP contribution in [0.1, 0.15) is 17.5 Å². The SMILES string of the molecule is N#CC(CCSC(F)F)S(=O)(=O)CCc1ccc(C(F)(F)F)cc1. The molecule has 0 aliphatic heterocycles. The van der Waals surface area contributed by atoms with Gasteiger partial charge in [0.2, 0.25) is 0 Å². The van der Waals surface area contributed by atoms with Gasteiger partial charge in [-0.05, 0) is 30.5 Å². The van der Waals surface area contributed by atoms with Crippen molar-refractivity contribution in [2.24, 2.45) is 0 Å². The van der Waals surface area contributed by atoms with E-state index in [1.165, 1.54) is 12.1 Å². The molecular weight excluding hydrogens is 373 g/mol. The molecule has 0 radical (unpaired) electrons. The highest BCUT2D eigenvalue weighted by Crippen LogP contribution is 2.29. The van der Waals surface area contributed by atoms with Crippen LogP contribution < -0.4 is 0 Å². The summed E-state index contributed by atoms with van der Waals surface area (Å²) in [6.45, 7) is 0. The second-order valence-corrected chi connectivity index (χ2v) is 8.25. The predicted molar refractivity (Wildman–Crippen MR) is 81.4 cm³/mol. The zero-order chi connectivity index (χ0) is 18.4. The van der Waals surface area contributed by atoms with Crippen LogP contribution in [0.3, 0.4) is 0 Å². The fraction of sp³-hybridized carbons (Fsp3) is 0.500. The Morgan fingerprint density at radius 1 is 1.17 bits per heavy atom. The summed E-state index contributed by atoms with van der Waals surface area (Å²) in [5, 5.41) is 7.49. The van der Waals surface area contributed by atoms with E-state index in [-0.39, 0.29) is 30.4 Å². The summed E-state index contributed by atoms with van der Waals surface area (Å²) in [6, 6.07) is 5.63. The van der Waals surface area contributed by atoms with Crippen LogP contribution in [0.25, 0.3) is 0 Å². The first-order chi connectivity index (χ1) is 11.1. The number of alkyl halides is 5. The lowest BCUT2D eigenvalue weighted by Crippen LogP contribution is -2.24. The summed E-state index contributed by atoms with van der Waals surface area (Å²) in [5.74, 6) is -3.25. The van der Waals surface area contributed by atoms with Gasteiger partial charge >= 0.3 is 6.18 Å². The third-order valence-electron chi connectivity index (χ3n) is 3.16. The minimum Gasteiger partial charge on any atom is -0.227 e. The molecule has 0 amide bonds. The number of aryl methyl sites for hydroxylation is 1. The molecule has 0 saturated carbocycles. The maximum atomic E-state index is 12.4. The molecule has 1 aromatic carbocycles. The number of hydrogen-bond donors (Lipinski definition) is 0. The molecule has 134 valence electrons. The lowest BCUT2D eigenvalue weighted by Gasteiger charge is -2.11. The molecule has 1 rings (SSSR count). The van der Waals surface area contributed by atoms with E-state index in [0.29, 0.717) is 5.56 Å². The molecule has 0 aliphatic rings. The van der Waals surface area contributed by atoms with E-state index in [9.17, 15) is 30.4 Å². The van der Waals surface area contributed by atoms with Crippen LogP contribution in [0.2, 0.25) is 0 Å². The Labute approximate surface area is 140 Å². The highest BCUT2D eigenvalue weighted by atomic mass is 32.2. The third-order valence-corrected chi connectivity index (χ3v) is 5.86. The number of nitrogens with zero attached hydrogens (tertiary/aromatic N) is 1. The fourth-order valence-corrected chi connectivity index (χ4v) is 3.99. The largest absolute Gasteiger partial charge is 0.416 e. The predicted octanol–water partition coefficient (Wildman–Crippen LogP) is 3.90. The van der Waals surface area contributed by atoms with E-state index in [1.807, 2.05) is 0 Å². The van der Waals surface area contributed by atoms with Gasteiger partial charge in [0, 0.05) is 5.75 Å². The van der Waals surface area contributed by atoms with Crippen molar-refractivity contribution in [1.29, 1.82) is 5.26 Å². The molecule has 1 unspecified atom stereocenters. The van der Waals surface area contributed by atoms with Gasteiger partial charge in [0.25, 0.3) is 5.76 Å². The molecule has 0 N–H and O–H groups in total. The number of thioether (sulfide) groups is 1. The summed E-state index contributed by atoms with van der Waals surface area (Å²) < 4.78 is 85.4. The van der Waals surface area contributed by atoms with Crippen molar-refractivity contribution in [2.75, 3.05) is 11.5 Å². The highest BCUT2D eigenvalue weighted by Gasteiger charge is 2.30. The first-order valence-electron chi connectivity index (χ1n) is 6.73. The Morgan fingerprint density at radius 2 is 1.75 bits per heavy atom. The van der Waals surface area contributed by atoms with Crippen molar-refractivity contribution in [2.45, 2.75) is 30.0 Å². The van der Waals surface area contributed by atoms with Crippen molar-refractivity contribution in [3.8, 4) is 6.07 Å².